The monoisotopic (exact) mass is 181 g/mol. The molecule has 0 fully saturated rings. The van der Waals surface area contributed by atoms with Crippen molar-refractivity contribution >= 4 is 0 Å². The first-order valence-corrected chi connectivity index (χ1v) is 4.91. The van der Waals surface area contributed by atoms with E-state index in [2.05, 4.69) is 31.0 Å². The number of aromatic amines is 1. The standard InChI is InChI=1S/C10H19N3/c1-4-9(7(2)3)10(11)8-5-12-13-6-8/h5-7,9-10H,4,11H2,1-3H3,(H,12,13). The quantitative estimate of drug-likeness (QED) is 0.747. The summed E-state index contributed by atoms with van der Waals surface area (Å²) < 4.78 is 0. The first-order valence-electron chi connectivity index (χ1n) is 4.91. The summed E-state index contributed by atoms with van der Waals surface area (Å²) in [5.74, 6) is 1.16. The van der Waals surface area contributed by atoms with Gasteiger partial charge in [-0.25, -0.2) is 0 Å². The van der Waals surface area contributed by atoms with E-state index in [0.29, 0.717) is 11.8 Å². The van der Waals surface area contributed by atoms with E-state index in [-0.39, 0.29) is 6.04 Å². The molecule has 0 amide bonds. The number of H-pyrrole nitrogens is 1. The van der Waals surface area contributed by atoms with Crippen LogP contribution in [0, 0.1) is 11.8 Å². The minimum Gasteiger partial charge on any atom is -0.324 e. The van der Waals surface area contributed by atoms with Crippen molar-refractivity contribution in [1.82, 2.24) is 10.2 Å². The van der Waals surface area contributed by atoms with Gasteiger partial charge < -0.3 is 5.73 Å². The summed E-state index contributed by atoms with van der Waals surface area (Å²) in [7, 11) is 0. The van der Waals surface area contributed by atoms with Crippen LogP contribution >= 0.6 is 0 Å². The summed E-state index contributed by atoms with van der Waals surface area (Å²) in [5.41, 5.74) is 7.25. The third-order valence-corrected chi connectivity index (χ3v) is 2.69. The van der Waals surface area contributed by atoms with Crippen LogP contribution in [0.2, 0.25) is 0 Å². The molecule has 1 heterocycles. The van der Waals surface area contributed by atoms with Crippen LogP contribution < -0.4 is 5.73 Å². The molecule has 0 radical (unpaired) electrons. The second-order valence-corrected chi connectivity index (χ2v) is 3.87. The summed E-state index contributed by atoms with van der Waals surface area (Å²) in [4.78, 5) is 0. The number of hydrogen-bond acceptors (Lipinski definition) is 2. The molecule has 0 saturated heterocycles. The first-order chi connectivity index (χ1) is 6.16. The molecule has 3 N–H and O–H groups in total. The third-order valence-electron chi connectivity index (χ3n) is 2.69. The number of aromatic nitrogens is 2. The van der Waals surface area contributed by atoms with Gasteiger partial charge in [0, 0.05) is 17.8 Å². The van der Waals surface area contributed by atoms with Crippen molar-refractivity contribution in [2.45, 2.75) is 33.2 Å². The summed E-state index contributed by atoms with van der Waals surface area (Å²) >= 11 is 0. The highest BCUT2D eigenvalue weighted by Crippen LogP contribution is 2.27. The van der Waals surface area contributed by atoms with Crippen molar-refractivity contribution in [3.05, 3.63) is 18.0 Å². The Morgan fingerprint density at radius 2 is 2.23 bits per heavy atom. The second kappa shape index (κ2) is 4.42. The number of nitrogens with two attached hydrogens (primary N) is 1. The zero-order chi connectivity index (χ0) is 9.84. The van der Waals surface area contributed by atoms with Crippen molar-refractivity contribution in [2.75, 3.05) is 0 Å². The molecule has 0 aliphatic carbocycles. The molecule has 1 aromatic rings. The van der Waals surface area contributed by atoms with Crippen LogP contribution in [0.1, 0.15) is 38.8 Å². The molecule has 0 aliphatic rings. The number of nitrogens with zero attached hydrogens (tertiary/aromatic N) is 1. The highest BCUT2D eigenvalue weighted by Gasteiger charge is 2.21. The van der Waals surface area contributed by atoms with E-state index in [4.69, 9.17) is 5.73 Å². The van der Waals surface area contributed by atoms with Crippen molar-refractivity contribution in [3.63, 3.8) is 0 Å². The Hall–Kier alpha value is -0.830. The molecule has 0 aromatic carbocycles. The largest absolute Gasteiger partial charge is 0.324 e. The molecule has 0 saturated carbocycles. The van der Waals surface area contributed by atoms with Gasteiger partial charge in [-0.1, -0.05) is 27.2 Å². The van der Waals surface area contributed by atoms with E-state index in [1.807, 2.05) is 12.4 Å². The van der Waals surface area contributed by atoms with Crippen LogP contribution in [0.15, 0.2) is 12.4 Å². The average molecular weight is 181 g/mol. The molecule has 0 spiro atoms. The van der Waals surface area contributed by atoms with Gasteiger partial charge in [-0.2, -0.15) is 5.10 Å². The van der Waals surface area contributed by atoms with Crippen molar-refractivity contribution in [1.29, 1.82) is 0 Å². The molecule has 2 unspecified atom stereocenters. The molecule has 2 atom stereocenters. The van der Waals surface area contributed by atoms with E-state index in [1.54, 1.807) is 0 Å². The van der Waals surface area contributed by atoms with Crippen LogP contribution in [0.4, 0.5) is 0 Å². The lowest BCUT2D eigenvalue weighted by Gasteiger charge is -2.25. The minimum atomic E-state index is 0.115. The van der Waals surface area contributed by atoms with E-state index in [1.165, 1.54) is 0 Å². The first kappa shape index (κ1) is 10.3. The van der Waals surface area contributed by atoms with E-state index >= 15 is 0 Å². The molecule has 1 aromatic heterocycles. The lowest BCUT2D eigenvalue weighted by molar-refractivity contribution is 0.312. The van der Waals surface area contributed by atoms with Gasteiger partial charge in [0.05, 0.1) is 6.20 Å². The van der Waals surface area contributed by atoms with Crippen molar-refractivity contribution < 1.29 is 0 Å². The van der Waals surface area contributed by atoms with Crippen molar-refractivity contribution in [3.8, 4) is 0 Å². The minimum absolute atomic E-state index is 0.115. The number of nitrogens with one attached hydrogen (secondary N) is 1. The Bertz CT molecular complexity index is 228. The lowest BCUT2D eigenvalue weighted by Crippen LogP contribution is -2.24. The summed E-state index contributed by atoms with van der Waals surface area (Å²) in [5, 5.41) is 6.71. The van der Waals surface area contributed by atoms with Gasteiger partial charge in [-0.05, 0) is 11.8 Å². The molecule has 74 valence electrons. The summed E-state index contributed by atoms with van der Waals surface area (Å²) in [6.07, 6.45) is 4.81. The van der Waals surface area contributed by atoms with Crippen LogP contribution in [0.5, 0.6) is 0 Å². The molecule has 0 aliphatic heterocycles. The van der Waals surface area contributed by atoms with Crippen LogP contribution in [-0.4, -0.2) is 10.2 Å². The predicted octanol–water partition coefficient (Wildman–Crippen LogP) is 2.09. The molecule has 0 bridgehead atoms. The summed E-state index contributed by atoms with van der Waals surface area (Å²) in [6.45, 7) is 6.62. The van der Waals surface area contributed by atoms with E-state index < -0.39 is 0 Å². The van der Waals surface area contributed by atoms with Crippen LogP contribution in [0.3, 0.4) is 0 Å². The molecule has 3 nitrogen and oxygen atoms in total. The maximum absolute atomic E-state index is 6.14. The smallest absolute Gasteiger partial charge is 0.0535 e. The predicted molar refractivity (Wildman–Crippen MR) is 54.1 cm³/mol. The zero-order valence-corrected chi connectivity index (χ0v) is 8.62. The molecular formula is C10H19N3. The van der Waals surface area contributed by atoms with Gasteiger partial charge in [0.15, 0.2) is 0 Å². The second-order valence-electron chi connectivity index (χ2n) is 3.87. The van der Waals surface area contributed by atoms with Crippen LogP contribution in [-0.2, 0) is 0 Å². The Balaban J connectivity index is 2.70. The fraction of sp³-hybridized carbons (Fsp3) is 0.700. The van der Waals surface area contributed by atoms with Gasteiger partial charge in [0.2, 0.25) is 0 Å². The van der Waals surface area contributed by atoms with Crippen LogP contribution in [0.25, 0.3) is 0 Å². The highest BCUT2D eigenvalue weighted by molar-refractivity contribution is 5.10. The fourth-order valence-corrected chi connectivity index (χ4v) is 1.83. The zero-order valence-electron chi connectivity index (χ0n) is 8.62. The summed E-state index contributed by atoms with van der Waals surface area (Å²) in [6, 6.07) is 0.115. The van der Waals surface area contributed by atoms with Gasteiger partial charge >= 0.3 is 0 Å². The molecule has 13 heavy (non-hydrogen) atoms. The fourth-order valence-electron chi connectivity index (χ4n) is 1.83. The van der Waals surface area contributed by atoms with Crippen molar-refractivity contribution in [2.24, 2.45) is 17.6 Å². The lowest BCUT2D eigenvalue weighted by atomic mass is 9.84. The Kier molecular flexibility index (Phi) is 3.48. The Morgan fingerprint density at radius 1 is 1.54 bits per heavy atom. The maximum Gasteiger partial charge on any atom is 0.0535 e. The Labute approximate surface area is 79.7 Å². The SMILES string of the molecule is CCC(C(C)C)C(N)c1cn[nH]c1. The molecular weight excluding hydrogens is 162 g/mol. The van der Waals surface area contributed by atoms with Gasteiger partial charge in [-0.15, -0.1) is 0 Å². The highest BCUT2D eigenvalue weighted by atomic mass is 15.1. The average Bonchev–Trinajstić information content (AvgIpc) is 2.56. The normalized spacial score (nSPS) is 16.1. The number of hydrogen-bond donors (Lipinski definition) is 2. The Morgan fingerprint density at radius 3 is 2.62 bits per heavy atom. The molecule has 1 rings (SSSR count). The topological polar surface area (TPSA) is 54.7 Å². The maximum atomic E-state index is 6.14. The third kappa shape index (κ3) is 2.31. The number of rotatable bonds is 4. The van der Waals surface area contributed by atoms with Gasteiger partial charge in [-0.3, -0.25) is 5.10 Å². The van der Waals surface area contributed by atoms with Gasteiger partial charge in [0.1, 0.15) is 0 Å². The van der Waals surface area contributed by atoms with Gasteiger partial charge in [0.25, 0.3) is 0 Å². The van der Waals surface area contributed by atoms with E-state index in [9.17, 15) is 0 Å². The van der Waals surface area contributed by atoms with E-state index in [0.717, 1.165) is 12.0 Å². The molecule has 3 heteroatoms.